The van der Waals surface area contributed by atoms with E-state index in [1.54, 1.807) is 42.2 Å². The fraction of sp³-hybridized carbons (Fsp3) is 0.184. The third-order valence-corrected chi connectivity index (χ3v) is 12.7. The molecule has 1 fully saturated rings. The number of hydrogen-bond donors (Lipinski definition) is 2. The Kier molecular flexibility index (Phi) is 7.03. The number of rotatable bonds is 5. The van der Waals surface area contributed by atoms with Crippen molar-refractivity contribution in [2.45, 2.75) is 36.0 Å². The summed E-state index contributed by atoms with van der Waals surface area (Å²) in [7, 11) is -4.03. The lowest BCUT2D eigenvalue weighted by molar-refractivity contribution is -0.116. The largest absolute Gasteiger partial charge is 0.358 e. The monoisotopic (exact) mass is 685 g/mol. The fourth-order valence-corrected chi connectivity index (χ4v) is 9.90. The maximum atomic E-state index is 14.1. The second-order valence-electron chi connectivity index (χ2n) is 12.7. The number of aromatic nitrogens is 2. The molecule has 11 heteroatoms. The van der Waals surface area contributed by atoms with Crippen LogP contribution in [0.5, 0.6) is 0 Å². The number of aryl methyl sites for hydroxylation is 2. The number of thioether (sulfide) groups is 1. The Bertz CT molecular complexity index is 2440. The minimum Gasteiger partial charge on any atom is -0.358 e. The number of hydrogen-bond acceptors (Lipinski definition) is 6. The average Bonchev–Trinajstić information content (AvgIpc) is 3.70. The van der Waals surface area contributed by atoms with Crippen molar-refractivity contribution in [3.8, 4) is 11.1 Å². The third kappa shape index (κ3) is 5.07. The highest BCUT2D eigenvalue weighted by atomic mass is 32.2. The van der Waals surface area contributed by atoms with E-state index in [-0.39, 0.29) is 22.7 Å². The van der Waals surface area contributed by atoms with E-state index in [2.05, 4.69) is 16.4 Å². The van der Waals surface area contributed by atoms with Crippen LogP contribution in [-0.4, -0.2) is 42.5 Å². The number of carbonyl (C=O) groups excluding carboxylic acids is 2. The molecule has 2 aliphatic heterocycles. The van der Waals surface area contributed by atoms with Gasteiger partial charge in [0.05, 0.1) is 27.7 Å². The molecule has 49 heavy (non-hydrogen) atoms. The minimum atomic E-state index is -4.03. The van der Waals surface area contributed by atoms with Crippen molar-refractivity contribution in [3.05, 3.63) is 114 Å². The van der Waals surface area contributed by atoms with E-state index in [1.165, 1.54) is 15.6 Å². The van der Waals surface area contributed by atoms with E-state index in [0.29, 0.717) is 17.1 Å². The quantitative estimate of drug-likeness (QED) is 0.199. The summed E-state index contributed by atoms with van der Waals surface area (Å²) in [6, 6.07) is 28.5. The molecule has 1 unspecified atom stereocenters. The summed E-state index contributed by atoms with van der Waals surface area (Å²) in [6.45, 7) is -0.306. The molecule has 6 aromatic rings. The predicted molar refractivity (Wildman–Crippen MR) is 194 cm³/mol. The molecule has 1 atom stereocenters. The summed E-state index contributed by atoms with van der Waals surface area (Å²) in [5.74, 6) is -0.00138. The number of amides is 2. The van der Waals surface area contributed by atoms with Gasteiger partial charge >= 0.3 is 0 Å². The lowest BCUT2D eigenvalue weighted by atomic mass is 9.96. The van der Waals surface area contributed by atoms with Crippen molar-refractivity contribution in [3.63, 3.8) is 0 Å². The molecule has 0 spiro atoms. The van der Waals surface area contributed by atoms with Crippen LogP contribution in [0.25, 0.3) is 32.8 Å². The Balaban J connectivity index is 1.00. The summed E-state index contributed by atoms with van der Waals surface area (Å²) in [5.41, 5.74) is 7.32. The van der Waals surface area contributed by atoms with Gasteiger partial charge in [0.1, 0.15) is 11.9 Å². The van der Waals surface area contributed by atoms with Crippen LogP contribution < -0.4 is 14.5 Å². The maximum absolute atomic E-state index is 14.1. The van der Waals surface area contributed by atoms with Crippen LogP contribution in [0.15, 0.2) is 102 Å². The van der Waals surface area contributed by atoms with Crippen molar-refractivity contribution in [1.29, 1.82) is 0 Å². The Morgan fingerprint density at radius 3 is 2.53 bits per heavy atom. The Morgan fingerprint density at radius 1 is 0.837 bits per heavy atom. The van der Waals surface area contributed by atoms with Gasteiger partial charge in [-0.2, -0.15) is 0 Å². The Morgan fingerprint density at radius 2 is 1.67 bits per heavy atom. The SMILES string of the molecule is O=C1CN(S(=O)(=O)c2ccc3[nH]c4c(c3c2)CCCC4)c2ccc(-c3ccc(C4SCC(=O)N4c4ccc5ccccc5c4)nc3)cc2N1. The molecule has 2 N–H and O–H groups in total. The highest BCUT2D eigenvalue weighted by molar-refractivity contribution is 8.00. The normalized spacial score (nSPS) is 17.8. The van der Waals surface area contributed by atoms with Gasteiger partial charge in [-0.25, -0.2) is 8.42 Å². The summed E-state index contributed by atoms with van der Waals surface area (Å²) in [6.07, 6.45) is 5.85. The number of carbonyl (C=O) groups is 2. The topological polar surface area (TPSA) is 115 Å². The van der Waals surface area contributed by atoms with Crippen molar-refractivity contribution < 1.29 is 18.0 Å². The minimum absolute atomic E-state index is 0.0356. The molecule has 0 saturated carbocycles. The third-order valence-electron chi connectivity index (χ3n) is 9.74. The van der Waals surface area contributed by atoms with Gasteiger partial charge in [0.25, 0.3) is 10.0 Å². The molecule has 0 radical (unpaired) electrons. The molecule has 1 saturated heterocycles. The molecule has 2 amide bonds. The van der Waals surface area contributed by atoms with Crippen LogP contribution in [0.2, 0.25) is 0 Å². The number of sulfonamides is 1. The summed E-state index contributed by atoms with van der Waals surface area (Å²) < 4.78 is 29.3. The predicted octanol–water partition coefficient (Wildman–Crippen LogP) is 7.19. The molecule has 1 aliphatic carbocycles. The number of H-pyrrole nitrogens is 1. The standard InChI is InChI=1S/C38H31N5O4S2/c44-36-21-42(49(46,47)28-13-15-32-30(19-28)29-7-3-4-8-31(29)40-32)35-16-11-25(18-34(35)41-36)26-10-14-33(39-20-26)38-43(37(45)22-48-38)27-12-9-23-5-1-2-6-24(23)17-27/h1-2,5-6,9-20,38,40H,3-4,7-8,21-22H2,(H,41,44). The molecule has 244 valence electrons. The molecule has 4 heterocycles. The lowest BCUT2D eigenvalue weighted by Gasteiger charge is -2.30. The number of pyridine rings is 1. The zero-order valence-electron chi connectivity index (χ0n) is 26.3. The van der Waals surface area contributed by atoms with E-state index >= 15 is 0 Å². The van der Waals surface area contributed by atoms with E-state index in [4.69, 9.17) is 4.98 Å². The molecule has 4 aromatic carbocycles. The van der Waals surface area contributed by atoms with Gasteiger partial charge in [0, 0.05) is 34.0 Å². The summed E-state index contributed by atoms with van der Waals surface area (Å²) in [5, 5.41) is 5.72. The molecule has 9 nitrogen and oxygen atoms in total. The zero-order chi connectivity index (χ0) is 33.3. The first kappa shape index (κ1) is 30.0. The van der Waals surface area contributed by atoms with Crippen LogP contribution in [-0.2, 0) is 32.5 Å². The first-order valence-electron chi connectivity index (χ1n) is 16.3. The second kappa shape index (κ2) is 11.5. The van der Waals surface area contributed by atoms with Gasteiger partial charge < -0.3 is 10.3 Å². The van der Waals surface area contributed by atoms with Gasteiger partial charge in [-0.15, -0.1) is 11.8 Å². The second-order valence-corrected chi connectivity index (χ2v) is 15.6. The number of nitrogens with zero attached hydrogens (tertiary/aromatic N) is 3. The van der Waals surface area contributed by atoms with Crippen molar-refractivity contribution in [2.24, 2.45) is 0 Å². The van der Waals surface area contributed by atoms with Gasteiger partial charge in [0.15, 0.2) is 0 Å². The molecular weight excluding hydrogens is 655 g/mol. The van der Waals surface area contributed by atoms with Crippen molar-refractivity contribution in [1.82, 2.24) is 9.97 Å². The molecular formula is C38H31N5O4S2. The number of aromatic amines is 1. The first-order valence-corrected chi connectivity index (χ1v) is 18.8. The van der Waals surface area contributed by atoms with Crippen molar-refractivity contribution in [2.75, 3.05) is 26.8 Å². The highest BCUT2D eigenvalue weighted by Gasteiger charge is 2.36. The zero-order valence-corrected chi connectivity index (χ0v) is 28.0. The van der Waals surface area contributed by atoms with E-state index in [1.807, 2.05) is 65.6 Å². The number of anilines is 3. The lowest BCUT2D eigenvalue weighted by Crippen LogP contribution is -2.42. The molecule has 0 bridgehead atoms. The number of fused-ring (bicyclic) bond motifs is 5. The Hall–Kier alpha value is -5.13. The van der Waals surface area contributed by atoms with Gasteiger partial charge in [-0.05, 0) is 96.1 Å². The van der Waals surface area contributed by atoms with E-state index < -0.39 is 15.9 Å². The first-order chi connectivity index (χ1) is 23.8. The fourth-order valence-electron chi connectivity index (χ4n) is 7.30. The van der Waals surface area contributed by atoms with Crippen LogP contribution in [0.4, 0.5) is 17.1 Å². The summed E-state index contributed by atoms with van der Waals surface area (Å²) in [4.78, 5) is 36.1. The van der Waals surface area contributed by atoms with Crippen LogP contribution in [0.1, 0.15) is 35.2 Å². The van der Waals surface area contributed by atoms with E-state index in [0.717, 1.165) is 69.9 Å². The smallest absolute Gasteiger partial charge is 0.264 e. The molecule has 9 rings (SSSR count). The summed E-state index contributed by atoms with van der Waals surface area (Å²) >= 11 is 1.54. The molecule has 3 aliphatic rings. The van der Waals surface area contributed by atoms with Crippen molar-refractivity contribution >= 4 is 72.3 Å². The maximum Gasteiger partial charge on any atom is 0.264 e. The van der Waals surface area contributed by atoms with E-state index in [9.17, 15) is 18.0 Å². The highest BCUT2D eigenvalue weighted by Crippen LogP contribution is 2.43. The van der Waals surface area contributed by atoms with Crippen LogP contribution in [0.3, 0.4) is 0 Å². The van der Waals surface area contributed by atoms with Gasteiger partial charge in [-0.1, -0.05) is 42.5 Å². The van der Waals surface area contributed by atoms with Gasteiger partial charge in [-0.3, -0.25) is 23.8 Å². The van der Waals surface area contributed by atoms with Gasteiger partial charge in [0.2, 0.25) is 11.8 Å². The van der Waals surface area contributed by atoms with Crippen LogP contribution in [0, 0.1) is 0 Å². The molecule has 2 aromatic heterocycles. The Labute approximate surface area is 287 Å². The number of nitrogens with one attached hydrogen (secondary N) is 2. The number of benzene rings is 4. The average molecular weight is 686 g/mol. The van der Waals surface area contributed by atoms with Crippen LogP contribution >= 0.6 is 11.8 Å².